The van der Waals surface area contributed by atoms with Crippen molar-refractivity contribution in [3.8, 4) is 0 Å². The molecule has 2 rings (SSSR count). The van der Waals surface area contributed by atoms with Gasteiger partial charge in [-0.25, -0.2) is 0 Å². The lowest BCUT2D eigenvalue weighted by atomic mass is 10.2. The Kier molecular flexibility index (Phi) is 6.01. The van der Waals surface area contributed by atoms with Crippen molar-refractivity contribution < 1.29 is 0 Å². The van der Waals surface area contributed by atoms with Crippen LogP contribution in [0.3, 0.4) is 0 Å². The summed E-state index contributed by atoms with van der Waals surface area (Å²) in [7, 11) is 0. The van der Waals surface area contributed by atoms with Gasteiger partial charge < -0.3 is 5.32 Å². The molecule has 0 bridgehead atoms. The molecule has 2 aliphatic heterocycles. The van der Waals surface area contributed by atoms with E-state index in [2.05, 4.69) is 28.9 Å². The van der Waals surface area contributed by atoms with Crippen molar-refractivity contribution in [2.24, 2.45) is 4.99 Å². The van der Waals surface area contributed by atoms with E-state index in [9.17, 15) is 0 Å². The number of nitrogens with zero attached hydrogens (tertiary/aromatic N) is 2. The van der Waals surface area contributed by atoms with Crippen LogP contribution >= 0.6 is 23.5 Å². The Hall–Kier alpha value is 0.130. The molecule has 0 aromatic rings. The number of hydrogen-bond donors (Lipinski definition) is 1. The summed E-state index contributed by atoms with van der Waals surface area (Å²) in [6.07, 6.45) is 2.49. The zero-order valence-corrected chi connectivity index (χ0v) is 12.3. The largest absolute Gasteiger partial charge is 0.362 e. The predicted octanol–water partition coefficient (Wildman–Crippen LogP) is 1.90. The molecule has 17 heavy (non-hydrogen) atoms. The van der Waals surface area contributed by atoms with Crippen LogP contribution in [0.25, 0.3) is 0 Å². The van der Waals surface area contributed by atoms with Gasteiger partial charge in [-0.1, -0.05) is 18.7 Å². The number of aliphatic imine (C=N–C) groups is 1. The van der Waals surface area contributed by atoms with Crippen LogP contribution in [-0.4, -0.2) is 59.5 Å². The molecule has 0 aromatic heterocycles. The lowest BCUT2D eigenvalue weighted by Crippen LogP contribution is -2.38. The molecule has 0 aromatic carbocycles. The average molecular weight is 273 g/mol. The SMILES string of the molecule is CCC1CCSC(=NCCN2CCSCC2)N1. The summed E-state index contributed by atoms with van der Waals surface area (Å²) in [5.74, 6) is 3.81. The van der Waals surface area contributed by atoms with Gasteiger partial charge in [0.15, 0.2) is 5.17 Å². The van der Waals surface area contributed by atoms with E-state index in [0.717, 1.165) is 13.1 Å². The number of nitrogens with one attached hydrogen (secondary N) is 1. The minimum atomic E-state index is 0.654. The van der Waals surface area contributed by atoms with Crippen LogP contribution < -0.4 is 5.32 Å². The van der Waals surface area contributed by atoms with Gasteiger partial charge >= 0.3 is 0 Å². The second-order valence-electron chi connectivity index (χ2n) is 4.53. The fourth-order valence-electron chi connectivity index (χ4n) is 2.10. The van der Waals surface area contributed by atoms with Gasteiger partial charge in [0, 0.05) is 42.9 Å². The Labute approximate surface area is 113 Å². The van der Waals surface area contributed by atoms with Crippen LogP contribution in [0.4, 0.5) is 0 Å². The van der Waals surface area contributed by atoms with Gasteiger partial charge in [0.25, 0.3) is 0 Å². The maximum atomic E-state index is 4.70. The van der Waals surface area contributed by atoms with Crippen LogP contribution in [0.5, 0.6) is 0 Å². The minimum absolute atomic E-state index is 0.654. The zero-order chi connectivity index (χ0) is 11.9. The van der Waals surface area contributed by atoms with E-state index in [4.69, 9.17) is 4.99 Å². The third-order valence-corrected chi connectivity index (χ3v) is 5.20. The normalized spacial score (nSPS) is 29.2. The number of thioether (sulfide) groups is 2. The zero-order valence-electron chi connectivity index (χ0n) is 10.7. The Bertz CT molecular complexity index is 252. The first-order chi connectivity index (χ1) is 8.38. The lowest BCUT2D eigenvalue weighted by Gasteiger charge is -2.26. The van der Waals surface area contributed by atoms with Crippen molar-refractivity contribution in [3.63, 3.8) is 0 Å². The third kappa shape index (κ3) is 4.72. The minimum Gasteiger partial charge on any atom is -0.362 e. The molecule has 0 radical (unpaired) electrons. The van der Waals surface area contributed by atoms with Gasteiger partial charge in [-0.2, -0.15) is 11.8 Å². The molecule has 1 atom stereocenters. The first-order valence-corrected chi connectivity index (χ1v) is 8.76. The second-order valence-corrected chi connectivity index (χ2v) is 6.84. The summed E-state index contributed by atoms with van der Waals surface area (Å²) in [6, 6.07) is 0.654. The van der Waals surface area contributed by atoms with Gasteiger partial charge in [0.2, 0.25) is 0 Å². The second kappa shape index (κ2) is 7.54. The monoisotopic (exact) mass is 273 g/mol. The maximum Gasteiger partial charge on any atom is 0.156 e. The van der Waals surface area contributed by atoms with Gasteiger partial charge in [-0.3, -0.25) is 9.89 Å². The molecule has 5 heteroatoms. The highest BCUT2D eigenvalue weighted by atomic mass is 32.2. The van der Waals surface area contributed by atoms with Gasteiger partial charge in [0.05, 0.1) is 6.54 Å². The van der Waals surface area contributed by atoms with Crippen molar-refractivity contribution in [2.45, 2.75) is 25.8 Å². The molecule has 0 spiro atoms. The van der Waals surface area contributed by atoms with Gasteiger partial charge in [-0.15, -0.1) is 0 Å². The summed E-state index contributed by atoms with van der Waals surface area (Å²) in [5.41, 5.74) is 0. The van der Waals surface area contributed by atoms with E-state index in [-0.39, 0.29) is 0 Å². The first kappa shape index (κ1) is 13.6. The summed E-state index contributed by atoms with van der Waals surface area (Å²) in [4.78, 5) is 7.23. The molecule has 0 saturated carbocycles. The average Bonchev–Trinajstić information content (AvgIpc) is 2.40. The number of amidine groups is 1. The molecule has 3 nitrogen and oxygen atoms in total. The predicted molar refractivity (Wildman–Crippen MR) is 80.4 cm³/mol. The lowest BCUT2D eigenvalue weighted by molar-refractivity contribution is 0.311. The Balaban J connectivity index is 1.68. The fraction of sp³-hybridized carbons (Fsp3) is 0.917. The number of hydrogen-bond acceptors (Lipinski definition) is 4. The Morgan fingerprint density at radius 3 is 2.94 bits per heavy atom. The smallest absolute Gasteiger partial charge is 0.156 e. The molecule has 98 valence electrons. The van der Waals surface area contributed by atoms with Gasteiger partial charge in [0.1, 0.15) is 0 Å². The van der Waals surface area contributed by atoms with Crippen molar-refractivity contribution in [2.75, 3.05) is 43.4 Å². The van der Waals surface area contributed by atoms with Crippen LogP contribution in [0, 0.1) is 0 Å². The van der Waals surface area contributed by atoms with Crippen LogP contribution in [0.1, 0.15) is 19.8 Å². The molecular weight excluding hydrogens is 250 g/mol. The Morgan fingerprint density at radius 2 is 2.18 bits per heavy atom. The highest BCUT2D eigenvalue weighted by Crippen LogP contribution is 2.15. The van der Waals surface area contributed by atoms with E-state index in [1.807, 2.05) is 11.8 Å². The molecule has 0 aliphatic carbocycles. The standard InChI is InChI=1S/C12H23N3S2/c1-2-11-3-8-17-12(14-11)13-4-5-15-6-9-16-10-7-15/h11H,2-10H2,1H3,(H,13,14). The molecule has 2 fully saturated rings. The number of rotatable bonds is 4. The molecule has 1 unspecified atom stereocenters. The highest BCUT2D eigenvalue weighted by molar-refractivity contribution is 8.13. The highest BCUT2D eigenvalue weighted by Gasteiger charge is 2.15. The van der Waals surface area contributed by atoms with Crippen LogP contribution in [-0.2, 0) is 0 Å². The summed E-state index contributed by atoms with van der Waals surface area (Å²) < 4.78 is 0. The van der Waals surface area contributed by atoms with Crippen molar-refractivity contribution in [3.05, 3.63) is 0 Å². The van der Waals surface area contributed by atoms with Gasteiger partial charge in [-0.05, 0) is 12.8 Å². The first-order valence-electron chi connectivity index (χ1n) is 6.62. The third-order valence-electron chi connectivity index (χ3n) is 3.30. The van der Waals surface area contributed by atoms with E-state index in [1.54, 1.807) is 0 Å². The molecule has 1 N–H and O–H groups in total. The van der Waals surface area contributed by atoms with Crippen LogP contribution in [0.2, 0.25) is 0 Å². The van der Waals surface area contributed by atoms with Crippen molar-refractivity contribution in [1.82, 2.24) is 10.2 Å². The molecule has 0 amide bonds. The van der Waals surface area contributed by atoms with E-state index in [0.29, 0.717) is 6.04 Å². The summed E-state index contributed by atoms with van der Waals surface area (Å²) >= 11 is 3.95. The maximum absolute atomic E-state index is 4.70. The van der Waals surface area contributed by atoms with E-state index in [1.165, 1.54) is 48.4 Å². The quantitative estimate of drug-likeness (QED) is 0.846. The molecule has 2 heterocycles. The van der Waals surface area contributed by atoms with E-state index >= 15 is 0 Å². The van der Waals surface area contributed by atoms with Crippen molar-refractivity contribution >= 4 is 28.7 Å². The Morgan fingerprint density at radius 1 is 1.35 bits per heavy atom. The fourth-order valence-corrected chi connectivity index (χ4v) is 4.11. The molecule has 2 saturated heterocycles. The van der Waals surface area contributed by atoms with Crippen molar-refractivity contribution in [1.29, 1.82) is 0 Å². The summed E-state index contributed by atoms with van der Waals surface area (Å²) in [5, 5.41) is 4.71. The van der Waals surface area contributed by atoms with Crippen LogP contribution in [0.15, 0.2) is 4.99 Å². The summed E-state index contributed by atoms with van der Waals surface area (Å²) in [6.45, 7) is 6.82. The van der Waals surface area contributed by atoms with E-state index < -0.39 is 0 Å². The molecule has 2 aliphatic rings. The molecular formula is C12H23N3S2. The topological polar surface area (TPSA) is 27.6 Å².